The highest BCUT2D eigenvalue weighted by Gasteiger charge is 2.59. The molecular formula is C45H58O6. The van der Waals surface area contributed by atoms with Gasteiger partial charge < -0.3 is 18.6 Å². The van der Waals surface area contributed by atoms with Crippen LogP contribution in [0, 0.1) is 46.3 Å². The van der Waals surface area contributed by atoms with Crippen LogP contribution in [0.4, 0.5) is 0 Å². The molecule has 0 N–H and O–H groups in total. The summed E-state index contributed by atoms with van der Waals surface area (Å²) in [5, 5.41) is 0.434. The number of carbonyl (C=O) groups is 1. The highest BCUT2D eigenvalue weighted by molar-refractivity contribution is 5.84. The van der Waals surface area contributed by atoms with E-state index >= 15 is 0 Å². The number of fused-ring (bicyclic) bond motifs is 6. The summed E-state index contributed by atoms with van der Waals surface area (Å²) < 4.78 is 23.2. The number of allylic oxidation sites excluding steroid dienone is 1. The summed E-state index contributed by atoms with van der Waals surface area (Å²) >= 11 is 0. The standard InChI is InChI=1S/C45H58O6/c1-28(2)10-9-11-29(3)37-18-19-38-34-16-14-30-24-32(20-22-44(30,4)39(34)21-23-45(37,38)5)51-42(46)27-49-31-15-17-35-41(25-31)50-26-36(43(35)47)33-12-7-8-13-40(33)48-6/h7-8,12-15,17,25-26,28-29,32,34,37-39H,9-11,16,18-24,27H2,1-6H3/t29-,32+,34-,37+,38-,39-,44+,45-/m0/s1. The third-order valence-electron chi connectivity index (χ3n) is 14.1. The number of methoxy groups -OCH3 is 1. The predicted octanol–water partition coefficient (Wildman–Crippen LogP) is 10.8. The van der Waals surface area contributed by atoms with Crippen LogP contribution in [-0.4, -0.2) is 25.8 Å². The Balaban J connectivity index is 0.950. The van der Waals surface area contributed by atoms with Gasteiger partial charge in [0.25, 0.3) is 0 Å². The molecule has 2 aromatic carbocycles. The van der Waals surface area contributed by atoms with E-state index in [2.05, 4.69) is 40.7 Å². The van der Waals surface area contributed by atoms with Crippen LogP contribution in [0.15, 0.2) is 69.6 Å². The molecule has 0 unspecified atom stereocenters. The van der Waals surface area contributed by atoms with Crippen molar-refractivity contribution < 1.29 is 23.4 Å². The molecule has 0 saturated heterocycles. The lowest BCUT2D eigenvalue weighted by atomic mass is 9.47. The molecule has 1 aromatic heterocycles. The lowest BCUT2D eigenvalue weighted by molar-refractivity contribution is -0.153. The number of ether oxygens (including phenoxy) is 3. The van der Waals surface area contributed by atoms with Crippen molar-refractivity contribution in [2.45, 2.75) is 111 Å². The van der Waals surface area contributed by atoms with E-state index < -0.39 is 0 Å². The Kier molecular flexibility index (Phi) is 10.2. The maximum Gasteiger partial charge on any atom is 0.344 e. The van der Waals surface area contributed by atoms with Crippen molar-refractivity contribution in [3.8, 4) is 22.6 Å². The van der Waals surface area contributed by atoms with E-state index in [-0.39, 0.29) is 29.5 Å². The summed E-state index contributed by atoms with van der Waals surface area (Å²) in [5.74, 6) is 5.57. The molecule has 0 aliphatic heterocycles. The van der Waals surface area contributed by atoms with Gasteiger partial charge in [-0.3, -0.25) is 4.79 Å². The summed E-state index contributed by atoms with van der Waals surface area (Å²) in [7, 11) is 1.58. The average Bonchev–Trinajstić information content (AvgIpc) is 3.48. The Hall–Kier alpha value is -3.54. The third-order valence-corrected chi connectivity index (χ3v) is 14.1. The lowest BCUT2D eigenvalue weighted by Crippen LogP contribution is -2.51. The molecule has 274 valence electrons. The second-order valence-electron chi connectivity index (χ2n) is 17.3. The van der Waals surface area contributed by atoms with Gasteiger partial charge in [-0.05, 0) is 109 Å². The van der Waals surface area contributed by atoms with Crippen LogP contribution in [0.1, 0.15) is 105 Å². The first-order valence-corrected chi connectivity index (χ1v) is 19.7. The molecule has 4 aliphatic carbocycles. The smallest absolute Gasteiger partial charge is 0.344 e. The van der Waals surface area contributed by atoms with Crippen molar-refractivity contribution in [3.63, 3.8) is 0 Å². The van der Waals surface area contributed by atoms with Crippen LogP contribution in [0.2, 0.25) is 0 Å². The van der Waals surface area contributed by atoms with Crippen molar-refractivity contribution >= 4 is 16.9 Å². The maximum atomic E-state index is 13.3. The molecule has 3 saturated carbocycles. The zero-order valence-corrected chi connectivity index (χ0v) is 31.7. The minimum Gasteiger partial charge on any atom is -0.496 e. The largest absolute Gasteiger partial charge is 0.496 e. The zero-order valence-electron chi connectivity index (χ0n) is 31.7. The quantitative estimate of drug-likeness (QED) is 0.147. The number of hydrogen-bond acceptors (Lipinski definition) is 6. The van der Waals surface area contributed by atoms with Crippen molar-refractivity contribution in [3.05, 3.63) is 70.6 Å². The van der Waals surface area contributed by atoms with Gasteiger partial charge in [-0.1, -0.05) is 83.7 Å². The van der Waals surface area contributed by atoms with Gasteiger partial charge >= 0.3 is 5.97 Å². The minimum atomic E-state index is -0.362. The summed E-state index contributed by atoms with van der Waals surface area (Å²) in [5.41, 5.74) is 3.56. The molecule has 6 nitrogen and oxygen atoms in total. The van der Waals surface area contributed by atoms with Crippen molar-refractivity contribution in [2.75, 3.05) is 13.7 Å². The van der Waals surface area contributed by atoms with Crippen molar-refractivity contribution in [1.29, 1.82) is 0 Å². The molecule has 3 fully saturated rings. The van der Waals surface area contributed by atoms with Gasteiger partial charge in [0.05, 0.1) is 18.1 Å². The summed E-state index contributed by atoms with van der Waals surface area (Å²) in [6, 6.07) is 12.4. The molecule has 0 amide bonds. The van der Waals surface area contributed by atoms with E-state index in [1.54, 1.807) is 25.3 Å². The highest BCUT2D eigenvalue weighted by atomic mass is 16.6. The second-order valence-corrected chi connectivity index (χ2v) is 17.3. The zero-order chi connectivity index (χ0) is 35.9. The molecule has 1 heterocycles. The predicted molar refractivity (Wildman–Crippen MR) is 203 cm³/mol. The lowest BCUT2D eigenvalue weighted by Gasteiger charge is -2.58. The molecule has 0 spiro atoms. The third kappa shape index (κ3) is 6.77. The van der Waals surface area contributed by atoms with E-state index in [9.17, 15) is 9.59 Å². The van der Waals surface area contributed by atoms with Crippen molar-refractivity contribution in [1.82, 2.24) is 0 Å². The van der Waals surface area contributed by atoms with Crippen LogP contribution in [-0.2, 0) is 9.53 Å². The number of hydrogen-bond donors (Lipinski definition) is 0. The number of benzene rings is 2. The van der Waals surface area contributed by atoms with E-state index in [1.165, 1.54) is 63.2 Å². The Labute approximate surface area is 304 Å². The van der Waals surface area contributed by atoms with Crippen LogP contribution in [0.3, 0.4) is 0 Å². The van der Waals surface area contributed by atoms with E-state index in [1.807, 2.05) is 24.3 Å². The number of para-hydroxylation sites is 1. The van der Waals surface area contributed by atoms with E-state index in [4.69, 9.17) is 18.6 Å². The van der Waals surface area contributed by atoms with E-state index in [0.717, 1.165) is 54.8 Å². The van der Waals surface area contributed by atoms with Gasteiger partial charge in [0, 0.05) is 18.1 Å². The Bertz CT molecular complexity index is 1820. The van der Waals surface area contributed by atoms with Crippen molar-refractivity contribution in [2.24, 2.45) is 46.3 Å². The van der Waals surface area contributed by atoms with Gasteiger partial charge in [-0.15, -0.1) is 0 Å². The summed E-state index contributed by atoms with van der Waals surface area (Å²) in [6.45, 7) is 12.3. The average molecular weight is 695 g/mol. The molecule has 0 radical (unpaired) electrons. The van der Waals surface area contributed by atoms with Gasteiger partial charge in [-0.25, -0.2) is 4.79 Å². The number of carbonyl (C=O) groups excluding carboxylic acids is 1. The SMILES string of the molecule is COc1ccccc1-c1coc2cc(OCC(=O)O[C@@H]3CC[C@]4(C)C(=CC[C@H]5[C@@H]6CC[C@H]([C@@H](C)CCCC(C)C)[C@]6(C)CC[C@@H]54)C3)ccc2c1=O. The fourth-order valence-corrected chi connectivity index (χ4v) is 11.4. The fourth-order valence-electron chi connectivity index (χ4n) is 11.4. The molecule has 8 atom stereocenters. The molecular weight excluding hydrogens is 636 g/mol. The first kappa shape index (κ1) is 35.8. The van der Waals surface area contributed by atoms with Crippen LogP contribution in [0.5, 0.6) is 11.5 Å². The monoisotopic (exact) mass is 694 g/mol. The van der Waals surface area contributed by atoms with E-state index in [0.29, 0.717) is 39.0 Å². The Morgan fingerprint density at radius 1 is 0.961 bits per heavy atom. The molecule has 0 bridgehead atoms. The summed E-state index contributed by atoms with van der Waals surface area (Å²) in [6.07, 6.45) is 17.6. The summed E-state index contributed by atoms with van der Waals surface area (Å²) in [4.78, 5) is 26.3. The van der Waals surface area contributed by atoms with Crippen LogP contribution in [0.25, 0.3) is 22.1 Å². The normalized spacial score (nSPS) is 30.6. The van der Waals surface area contributed by atoms with Gasteiger partial charge in [0.1, 0.15) is 29.4 Å². The first-order chi connectivity index (χ1) is 24.5. The Morgan fingerprint density at radius 3 is 2.59 bits per heavy atom. The molecule has 7 rings (SSSR count). The highest BCUT2D eigenvalue weighted by Crippen LogP contribution is 2.67. The first-order valence-electron chi connectivity index (χ1n) is 19.7. The molecule has 6 heteroatoms. The Morgan fingerprint density at radius 2 is 1.78 bits per heavy atom. The molecule has 3 aromatic rings. The van der Waals surface area contributed by atoms with Gasteiger partial charge in [-0.2, -0.15) is 0 Å². The maximum absolute atomic E-state index is 13.3. The van der Waals surface area contributed by atoms with Crippen LogP contribution < -0.4 is 14.9 Å². The van der Waals surface area contributed by atoms with Gasteiger partial charge in [0.15, 0.2) is 6.61 Å². The van der Waals surface area contributed by atoms with Crippen LogP contribution >= 0.6 is 0 Å². The topological polar surface area (TPSA) is 75.0 Å². The van der Waals surface area contributed by atoms with Gasteiger partial charge in [0.2, 0.25) is 5.43 Å². The second kappa shape index (κ2) is 14.5. The number of rotatable bonds is 11. The molecule has 51 heavy (non-hydrogen) atoms. The molecule has 4 aliphatic rings. The minimum absolute atomic E-state index is 0.114. The number of esters is 1. The fraction of sp³-hybridized carbons (Fsp3) is 0.600.